The zero-order chi connectivity index (χ0) is 13.7. The van der Waals surface area contributed by atoms with Gasteiger partial charge in [-0.25, -0.2) is 0 Å². The molecular formula is C15H21NO3. The normalized spacial score (nSPS) is 12.8. The first-order chi connectivity index (χ1) is 9.15. The molecule has 2 rings (SSSR count). The van der Waals surface area contributed by atoms with Crippen LogP contribution in [0.3, 0.4) is 0 Å². The highest BCUT2D eigenvalue weighted by Gasteiger charge is 2.13. The molecule has 0 radical (unpaired) electrons. The molecule has 0 fully saturated rings. The summed E-state index contributed by atoms with van der Waals surface area (Å²) in [5.41, 5.74) is 1.10. The van der Waals surface area contributed by atoms with E-state index in [1.807, 2.05) is 18.2 Å². The summed E-state index contributed by atoms with van der Waals surface area (Å²) < 4.78 is 10.6. The number of rotatable bonds is 6. The standard InChI is InChI=1S/C15H21NO3/c1-11(2)7-8-16-15(17)6-4-12-3-5-13-14(9-12)19-10-18-13/h3,5,9,11H,4,6-8,10H2,1-2H3,(H,16,17). The molecule has 4 nitrogen and oxygen atoms in total. The quantitative estimate of drug-likeness (QED) is 0.858. The molecular weight excluding hydrogens is 242 g/mol. The van der Waals surface area contributed by atoms with Crippen molar-refractivity contribution in [2.24, 2.45) is 5.92 Å². The summed E-state index contributed by atoms with van der Waals surface area (Å²) in [7, 11) is 0. The molecule has 0 aromatic heterocycles. The van der Waals surface area contributed by atoms with Gasteiger partial charge in [-0.1, -0.05) is 19.9 Å². The van der Waals surface area contributed by atoms with Gasteiger partial charge in [0.25, 0.3) is 0 Å². The molecule has 1 aliphatic rings. The second-order valence-electron chi connectivity index (χ2n) is 5.22. The maximum absolute atomic E-state index is 11.7. The number of amides is 1. The molecule has 0 aliphatic carbocycles. The van der Waals surface area contributed by atoms with Gasteiger partial charge in [-0.2, -0.15) is 0 Å². The van der Waals surface area contributed by atoms with Crippen LogP contribution in [0.1, 0.15) is 32.3 Å². The van der Waals surface area contributed by atoms with Crippen molar-refractivity contribution in [2.45, 2.75) is 33.1 Å². The monoisotopic (exact) mass is 263 g/mol. The largest absolute Gasteiger partial charge is 0.454 e. The zero-order valence-corrected chi connectivity index (χ0v) is 11.6. The van der Waals surface area contributed by atoms with Crippen molar-refractivity contribution in [2.75, 3.05) is 13.3 Å². The Morgan fingerprint density at radius 3 is 2.89 bits per heavy atom. The Bertz CT molecular complexity index is 443. The van der Waals surface area contributed by atoms with Gasteiger partial charge in [0.05, 0.1) is 0 Å². The number of aryl methyl sites for hydroxylation is 1. The summed E-state index contributed by atoms with van der Waals surface area (Å²) in [4.78, 5) is 11.7. The van der Waals surface area contributed by atoms with E-state index in [2.05, 4.69) is 19.2 Å². The van der Waals surface area contributed by atoms with Gasteiger partial charge in [0, 0.05) is 13.0 Å². The molecule has 104 valence electrons. The Hall–Kier alpha value is -1.71. The van der Waals surface area contributed by atoms with Gasteiger partial charge in [-0.15, -0.1) is 0 Å². The van der Waals surface area contributed by atoms with Gasteiger partial charge >= 0.3 is 0 Å². The Kier molecular flexibility index (Phi) is 4.66. The van der Waals surface area contributed by atoms with E-state index >= 15 is 0 Å². The average Bonchev–Trinajstić information content (AvgIpc) is 2.83. The number of carbonyl (C=O) groups is 1. The SMILES string of the molecule is CC(C)CCNC(=O)CCc1ccc2c(c1)OCO2. The van der Waals surface area contributed by atoms with Gasteiger partial charge in [0.1, 0.15) is 0 Å². The number of hydrogen-bond donors (Lipinski definition) is 1. The third kappa shape index (κ3) is 4.16. The van der Waals surface area contributed by atoms with E-state index in [1.165, 1.54) is 0 Å². The molecule has 0 atom stereocenters. The molecule has 0 bridgehead atoms. The molecule has 1 amide bonds. The summed E-state index contributed by atoms with van der Waals surface area (Å²) >= 11 is 0. The first-order valence-electron chi connectivity index (χ1n) is 6.80. The summed E-state index contributed by atoms with van der Waals surface area (Å²) in [6, 6.07) is 5.83. The Labute approximate surface area is 114 Å². The summed E-state index contributed by atoms with van der Waals surface area (Å²) in [6.07, 6.45) is 2.26. The van der Waals surface area contributed by atoms with Crippen LogP contribution in [-0.4, -0.2) is 19.2 Å². The zero-order valence-electron chi connectivity index (χ0n) is 11.6. The van der Waals surface area contributed by atoms with Crippen LogP contribution in [0.4, 0.5) is 0 Å². The van der Waals surface area contributed by atoms with E-state index in [1.54, 1.807) is 0 Å². The number of benzene rings is 1. The van der Waals surface area contributed by atoms with Crippen LogP contribution in [0.2, 0.25) is 0 Å². The maximum Gasteiger partial charge on any atom is 0.231 e. The van der Waals surface area contributed by atoms with Crippen LogP contribution in [0, 0.1) is 5.92 Å². The van der Waals surface area contributed by atoms with E-state index < -0.39 is 0 Å². The lowest BCUT2D eigenvalue weighted by Crippen LogP contribution is -2.25. The van der Waals surface area contributed by atoms with Crippen LogP contribution in [0.5, 0.6) is 11.5 Å². The van der Waals surface area contributed by atoms with Crippen LogP contribution >= 0.6 is 0 Å². The number of ether oxygens (including phenoxy) is 2. The molecule has 1 aromatic carbocycles. The average molecular weight is 263 g/mol. The molecule has 1 aromatic rings. The minimum Gasteiger partial charge on any atom is -0.454 e. The van der Waals surface area contributed by atoms with Gasteiger partial charge in [-0.3, -0.25) is 4.79 Å². The van der Waals surface area contributed by atoms with Crippen molar-refractivity contribution in [1.29, 1.82) is 0 Å². The molecule has 0 spiro atoms. The second-order valence-corrected chi connectivity index (χ2v) is 5.22. The van der Waals surface area contributed by atoms with Crippen molar-refractivity contribution >= 4 is 5.91 Å². The minimum absolute atomic E-state index is 0.110. The Balaban J connectivity index is 1.74. The third-order valence-electron chi connectivity index (χ3n) is 3.12. The molecule has 19 heavy (non-hydrogen) atoms. The van der Waals surface area contributed by atoms with Crippen LogP contribution in [-0.2, 0) is 11.2 Å². The first-order valence-corrected chi connectivity index (χ1v) is 6.80. The van der Waals surface area contributed by atoms with Crippen LogP contribution in [0.15, 0.2) is 18.2 Å². The molecule has 4 heteroatoms. The van der Waals surface area contributed by atoms with Crippen molar-refractivity contribution in [3.05, 3.63) is 23.8 Å². The Morgan fingerprint density at radius 1 is 1.32 bits per heavy atom. The summed E-state index contributed by atoms with van der Waals surface area (Å²) in [6.45, 7) is 5.35. The summed E-state index contributed by atoms with van der Waals surface area (Å²) in [5.74, 6) is 2.29. The molecule has 0 saturated heterocycles. The van der Waals surface area contributed by atoms with Crippen LogP contribution in [0.25, 0.3) is 0 Å². The van der Waals surface area contributed by atoms with E-state index in [0.29, 0.717) is 12.3 Å². The number of nitrogens with one attached hydrogen (secondary N) is 1. The number of fused-ring (bicyclic) bond motifs is 1. The van der Waals surface area contributed by atoms with E-state index in [0.717, 1.165) is 36.4 Å². The van der Waals surface area contributed by atoms with Crippen molar-refractivity contribution in [3.8, 4) is 11.5 Å². The molecule has 1 N–H and O–H groups in total. The van der Waals surface area contributed by atoms with E-state index in [-0.39, 0.29) is 12.7 Å². The van der Waals surface area contributed by atoms with Crippen molar-refractivity contribution < 1.29 is 14.3 Å². The highest BCUT2D eigenvalue weighted by molar-refractivity contribution is 5.76. The fourth-order valence-corrected chi connectivity index (χ4v) is 1.94. The highest BCUT2D eigenvalue weighted by atomic mass is 16.7. The lowest BCUT2D eigenvalue weighted by molar-refractivity contribution is -0.121. The number of hydrogen-bond acceptors (Lipinski definition) is 3. The maximum atomic E-state index is 11.7. The molecule has 1 heterocycles. The van der Waals surface area contributed by atoms with E-state index in [4.69, 9.17) is 9.47 Å². The van der Waals surface area contributed by atoms with Crippen LogP contribution < -0.4 is 14.8 Å². The Morgan fingerprint density at radius 2 is 2.11 bits per heavy atom. The molecule has 1 aliphatic heterocycles. The fraction of sp³-hybridized carbons (Fsp3) is 0.533. The second kappa shape index (κ2) is 6.45. The first kappa shape index (κ1) is 13.7. The smallest absolute Gasteiger partial charge is 0.231 e. The predicted octanol–water partition coefficient (Wildman–Crippen LogP) is 2.51. The van der Waals surface area contributed by atoms with Crippen molar-refractivity contribution in [1.82, 2.24) is 5.32 Å². The van der Waals surface area contributed by atoms with Gasteiger partial charge < -0.3 is 14.8 Å². The predicted molar refractivity (Wildman–Crippen MR) is 73.4 cm³/mol. The summed E-state index contributed by atoms with van der Waals surface area (Å²) in [5, 5.41) is 2.94. The van der Waals surface area contributed by atoms with Gasteiger partial charge in [-0.05, 0) is 36.5 Å². The molecule has 0 unspecified atom stereocenters. The van der Waals surface area contributed by atoms with Gasteiger partial charge in [0.2, 0.25) is 12.7 Å². The number of carbonyl (C=O) groups excluding carboxylic acids is 1. The van der Waals surface area contributed by atoms with Gasteiger partial charge in [0.15, 0.2) is 11.5 Å². The highest BCUT2D eigenvalue weighted by Crippen LogP contribution is 2.32. The topological polar surface area (TPSA) is 47.6 Å². The molecule has 0 saturated carbocycles. The van der Waals surface area contributed by atoms with E-state index in [9.17, 15) is 4.79 Å². The fourth-order valence-electron chi connectivity index (χ4n) is 1.94. The lowest BCUT2D eigenvalue weighted by atomic mass is 10.1. The lowest BCUT2D eigenvalue weighted by Gasteiger charge is -2.07. The minimum atomic E-state index is 0.110. The van der Waals surface area contributed by atoms with Crippen molar-refractivity contribution in [3.63, 3.8) is 0 Å². The third-order valence-corrected chi connectivity index (χ3v) is 3.12.